The van der Waals surface area contributed by atoms with Crippen LogP contribution < -0.4 is 10.9 Å². The number of aromatic hydroxyl groups is 1. The van der Waals surface area contributed by atoms with Gasteiger partial charge in [0.2, 0.25) is 0 Å². The molecule has 3 rings (SSSR count). The van der Waals surface area contributed by atoms with Gasteiger partial charge >= 0.3 is 0 Å². The predicted molar refractivity (Wildman–Crippen MR) is 99.4 cm³/mol. The van der Waals surface area contributed by atoms with E-state index in [2.05, 4.69) is 10.9 Å². The molecule has 3 N–H and O–H groups in total. The molecule has 0 spiro atoms. The van der Waals surface area contributed by atoms with E-state index in [-0.39, 0.29) is 22.7 Å². The smallest absolute Gasteiger partial charge is 0.273 e. The van der Waals surface area contributed by atoms with Crippen LogP contribution in [0.15, 0.2) is 78.9 Å². The standard InChI is InChI=1S/C21H16N2O4/c24-18-9-5-4-8-17(18)21(27)23-22-20(26)16-12-10-15(11-13-16)19(25)14-6-2-1-3-7-14/h1-13,24H,(H,22,26)(H,23,27). The first-order chi connectivity index (χ1) is 13.1. The molecule has 2 amide bonds. The first-order valence-corrected chi connectivity index (χ1v) is 8.15. The third kappa shape index (κ3) is 4.19. The van der Waals surface area contributed by atoms with Gasteiger partial charge < -0.3 is 5.11 Å². The van der Waals surface area contributed by atoms with E-state index < -0.39 is 11.8 Å². The SMILES string of the molecule is O=C(NNC(=O)c1ccccc1O)c1ccc(C(=O)c2ccccc2)cc1. The maximum absolute atomic E-state index is 12.4. The van der Waals surface area contributed by atoms with Crippen molar-refractivity contribution in [3.8, 4) is 5.75 Å². The summed E-state index contributed by atoms with van der Waals surface area (Å²) in [5, 5.41) is 9.63. The topological polar surface area (TPSA) is 95.5 Å². The molecule has 0 saturated carbocycles. The van der Waals surface area contributed by atoms with Crippen molar-refractivity contribution in [1.82, 2.24) is 10.9 Å². The molecule has 0 aliphatic rings. The van der Waals surface area contributed by atoms with Gasteiger partial charge in [-0.25, -0.2) is 0 Å². The Morgan fingerprint density at radius 3 is 1.78 bits per heavy atom. The molecule has 0 saturated heterocycles. The lowest BCUT2D eigenvalue weighted by molar-refractivity contribution is 0.0845. The number of carbonyl (C=O) groups excluding carboxylic acids is 3. The summed E-state index contributed by atoms with van der Waals surface area (Å²) in [4.78, 5) is 36.5. The van der Waals surface area contributed by atoms with E-state index in [1.807, 2.05) is 6.07 Å². The van der Waals surface area contributed by atoms with Crippen molar-refractivity contribution in [2.24, 2.45) is 0 Å². The van der Waals surface area contributed by atoms with Crippen molar-refractivity contribution in [2.75, 3.05) is 0 Å². The van der Waals surface area contributed by atoms with Crippen LogP contribution in [0, 0.1) is 0 Å². The van der Waals surface area contributed by atoms with E-state index in [4.69, 9.17) is 0 Å². The van der Waals surface area contributed by atoms with Gasteiger partial charge in [-0.15, -0.1) is 0 Å². The van der Waals surface area contributed by atoms with Gasteiger partial charge in [0, 0.05) is 16.7 Å². The molecule has 0 heterocycles. The number of hydrazine groups is 1. The number of rotatable bonds is 4. The Hall–Kier alpha value is -3.93. The minimum Gasteiger partial charge on any atom is -0.507 e. The van der Waals surface area contributed by atoms with Crippen LogP contribution in [0.1, 0.15) is 36.6 Å². The molecule has 3 aromatic rings. The molecule has 0 aromatic heterocycles. The molecular formula is C21H16N2O4. The van der Waals surface area contributed by atoms with Gasteiger partial charge in [0.15, 0.2) is 5.78 Å². The average molecular weight is 360 g/mol. The third-order valence-electron chi connectivity index (χ3n) is 3.88. The van der Waals surface area contributed by atoms with Gasteiger partial charge in [-0.3, -0.25) is 25.2 Å². The lowest BCUT2D eigenvalue weighted by atomic mass is 10.0. The zero-order valence-electron chi connectivity index (χ0n) is 14.2. The maximum Gasteiger partial charge on any atom is 0.273 e. The van der Waals surface area contributed by atoms with Crippen molar-refractivity contribution < 1.29 is 19.5 Å². The first-order valence-electron chi connectivity index (χ1n) is 8.15. The van der Waals surface area contributed by atoms with Crippen LogP contribution in [0.25, 0.3) is 0 Å². The van der Waals surface area contributed by atoms with Crippen LogP contribution in [-0.2, 0) is 0 Å². The van der Waals surface area contributed by atoms with Crippen LogP contribution >= 0.6 is 0 Å². The number of benzene rings is 3. The fourth-order valence-corrected chi connectivity index (χ4v) is 2.45. The van der Waals surface area contributed by atoms with E-state index in [1.54, 1.807) is 48.5 Å². The van der Waals surface area contributed by atoms with Gasteiger partial charge in [-0.2, -0.15) is 0 Å². The van der Waals surface area contributed by atoms with Gasteiger partial charge in [0.25, 0.3) is 11.8 Å². The summed E-state index contributed by atoms with van der Waals surface area (Å²) in [5.41, 5.74) is 5.84. The molecule has 3 aromatic carbocycles. The lowest BCUT2D eigenvalue weighted by Crippen LogP contribution is -2.41. The number of hydrogen-bond acceptors (Lipinski definition) is 4. The maximum atomic E-state index is 12.4. The summed E-state index contributed by atoms with van der Waals surface area (Å²) >= 11 is 0. The van der Waals surface area contributed by atoms with Crippen LogP contribution in [0.5, 0.6) is 5.75 Å². The minimum absolute atomic E-state index is 0.0432. The van der Waals surface area contributed by atoms with Crippen LogP contribution in [0.2, 0.25) is 0 Å². The van der Waals surface area contributed by atoms with Gasteiger partial charge in [0.1, 0.15) is 5.75 Å². The summed E-state index contributed by atoms with van der Waals surface area (Å²) in [6, 6.07) is 20.9. The number of carbonyl (C=O) groups is 3. The Labute approximate surface area is 155 Å². The Kier molecular flexibility index (Phi) is 5.28. The molecular weight excluding hydrogens is 344 g/mol. The number of hydrogen-bond donors (Lipinski definition) is 3. The second-order valence-corrected chi connectivity index (χ2v) is 5.70. The summed E-state index contributed by atoms with van der Waals surface area (Å²) in [6.07, 6.45) is 0. The Balaban J connectivity index is 1.63. The van der Waals surface area contributed by atoms with Gasteiger partial charge in [0.05, 0.1) is 5.56 Å². The Bertz CT molecular complexity index is 983. The largest absolute Gasteiger partial charge is 0.507 e. The summed E-state index contributed by atoms with van der Waals surface area (Å²) in [7, 11) is 0. The first kappa shape index (κ1) is 17.9. The molecule has 6 heteroatoms. The van der Waals surface area contributed by atoms with Crippen molar-refractivity contribution in [3.63, 3.8) is 0 Å². The number of phenols is 1. The second-order valence-electron chi connectivity index (χ2n) is 5.70. The van der Waals surface area contributed by atoms with Crippen molar-refractivity contribution in [1.29, 1.82) is 0 Å². The average Bonchev–Trinajstić information content (AvgIpc) is 2.72. The van der Waals surface area contributed by atoms with Gasteiger partial charge in [-0.1, -0.05) is 54.6 Å². The fourth-order valence-electron chi connectivity index (χ4n) is 2.45. The predicted octanol–water partition coefficient (Wildman–Crippen LogP) is 2.70. The molecule has 0 fully saturated rings. The number of ketones is 1. The highest BCUT2D eigenvalue weighted by molar-refractivity contribution is 6.09. The molecule has 0 aliphatic carbocycles. The monoisotopic (exact) mass is 360 g/mol. The highest BCUT2D eigenvalue weighted by Crippen LogP contribution is 2.15. The fraction of sp³-hybridized carbons (Fsp3) is 0. The molecule has 134 valence electrons. The van der Waals surface area contributed by atoms with Crippen molar-refractivity contribution >= 4 is 17.6 Å². The third-order valence-corrected chi connectivity index (χ3v) is 3.88. The van der Waals surface area contributed by atoms with Crippen LogP contribution in [0.3, 0.4) is 0 Å². The van der Waals surface area contributed by atoms with Gasteiger partial charge in [-0.05, 0) is 24.3 Å². The van der Waals surface area contributed by atoms with E-state index in [1.165, 1.54) is 24.3 Å². The quantitative estimate of drug-likeness (QED) is 0.492. The molecule has 0 unspecified atom stereocenters. The highest BCUT2D eigenvalue weighted by atomic mass is 16.3. The lowest BCUT2D eigenvalue weighted by Gasteiger charge is -2.09. The van der Waals surface area contributed by atoms with Crippen LogP contribution in [-0.4, -0.2) is 22.7 Å². The molecule has 0 bridgehead atoms. The molecule has 6 nitrogen and oxygen atoms in total. The number of para-hydroxylation sites is 1. The Morgan fingerprint density at radius 2 is 1.11 bits per heavy atom. The molecule has 27 heavy (non-hydrogen) atoms. The number of nitrogens with one attached hydrogen (secondary N) is 2. The molecule has 0 atom stereocenters. The second kappa shape index (κ2) is 7.97. The summed E-state index contributed by atoms with van der Waals surface area (Å²) in [5.74, 6) is -1.52. The van der Waals surface area contributed by atoms with Crippen LogP contribution in [0.4, 0.5) is 0 Å². The molecule has 0 radical (unpaired) electrons. The minimum atomic E-state index is -0.641. The van der Waals surface area contributed by atoms with Crippen molar-refractivity contribution in [3.05, 3.63) is 101 Å². The number of amides is 2. The van der Waals surface area contributed by atoms with E-state index >= 15 is 0 Å². The Morgan fingerprint density at radius 1 is 0.593 bits per heavy atom. The highest BCUT2D eigenvalue weighted by Gasteiger charge is 2.13. The normalized spacial score (nSPS) is 10.1. The zero-order chi connectivity index (χ0) is 19.2. The molecule has 0 aliphatic heterocycles. The number of phenolic OH excluding ortho intramolecular Hbond substituents is 1. The van der Waals surface area contributed by atoms with E-state index in [9.17, 15) is 19.5 Å². The summed E-state index contributed by atoms with van der Waals surface area (Å²) < 4.78 is 0. The van der Waals surface area contributed by atoms with Crippen molar-refractivity contribution in [2.45, 2.75) is 0 Å². The zero-order valence-corrected chi connectivity index (χ0v) is 14.2. The van der Waals surface area contributed by atoms with E-state index in [0.717, 1.165) is 0 Å². The summed E-state index contributed by atoms with van der Waals surface area (Å²) in [6.45, 7) is 0. The van der Waals surface area contributed by atoms with E-state index in [0.29, 0.717) is 11.1 Å².